The second-order valence-corrected chi connectivity index (χ2v) is 5.79. The Balaban J connectivity index is 2.39. The molecule has 0 spiro atoms. The molecule has 2 aromatic rings. The van der Waals surface area contributed by atoms with Crippen LogP contribution < -0.4 is 5.32 Å². The molecule has 0 fully saturated rings. The molecule has 1 unspecified atom stereocenters. The van der Waals surface area contributed by atoms with E-state index in [1.807, 2.05) is 42.2 Å². The van der Waals surface area contributed by atoms with Gasteiger partial charge in [-0.15, -0.1) is 0 Å². The van der Waals surface area contributed by atoms with Crippen molar-refractivity contribution in [3.05, 3.63) is 51.2 Å². The van der Waals surface area contributed by atoms with E-state index in [0.717, 1.165) is 33.7 Å². The van der Waals surface area contributed by atoms with Gasteiger partial charge in [-0.05, 0) is 42.8 Å². The van der Waals surface area contributed by atoms with Crippen molar-refractivity contribution in [1.82, 2.24) is 15.1 Å². The van der Waals surface area contributed by atoms with E-state index in [1.165, 1.54) is 0 Å². The van der Waals surface area contributed by atoms with E-state index >= 15 is 0 Å². The zero-order valence-corrected chi connectivity index (χ0v) is 13.4. The second kappa shape index (κ2) is 6.55. The molecule has 5 heteroatoms. The highest BCUT2D eigenvalue weighted by Gasteiger charge is 2.19. The highest BCUT2D eigenvalue weighted by Crippen LogP contribution is 2.30. The van der Waals surface area contributed by atoms with Crippen LogP contribution in [-0.4, -0.2) is 16.3 Å². The summed E-state index contributed by atoms with van der Waals surface area (Å²) in [6.45, 7) is 3.06. The normalized spacial score (nSPS) is 12.6. The molecule has 102 valence electrons. The van der Waals surface area contributed by atoms with Gasteiger partial charge in [-0.1, -0.05) is 34.5 Å². The molecule has 2 rings (SSSR count). The Morgan fingerprint density at radius 2 is 2.21 bits per heavy atom. The molecule has 19 heavy (non-hydrogen) atoms. The van der Waals surface area contributed by atoms with Crippen molar-refractivity contribution in [2.75, 3.05) is 6.54 Å². The summed E-state index contributed by atoms with van der Waals surface area (Å²) in [7, 11) is 1.92. The molecule has 0 aliphatic carbocycles. The van der Waals surface area contributed by atoms with Crippen LogP contribution in [-0.2, 0) is 7.05 Å². The average Bonchev–Trinajstić information content (AvgIpc) is 2.80. The maximum Gasteiger partial charge on any atom is 0.0839 e. The van der Waals surface area contributed by atoms with E-state index in [9.17, 15) is 0 Å². The van der Waals surface area contributed by atoms with E-state index in [2.05, 4.69) is 33.3 Å². The van der Waals surface area contributed by atoms with Gasteiger partial charge in [0.15, 0.2) is 0 Å². The van der Waals surface area contributed by atoms with Crippen molar-refractivity contribution >= 4 is 27.5 Å². The molecule has 1 aromatic carbocycles. The number of nitrogens with one attached hydrogen (secondary N) is 1. The number of rotatable bonds is 5. The van der Waals surface area contributed by atoms with Crippen LogP contribution in [0.2, 0.25) is 5.02 Å². The molecule has 0 amide bonds. The first-order chi connectivity index (χ1) is 9.11. The number of halogens is 2. The van der Waals surface area contributed by atoms with Crippen LogP contribution >= 0.6 is 27.5 Å². The molecule has 0 bridgehead atoms. The first kappa shape index (κ1) is 14.6. The predicted octanol–water partition coefficient (Wildman–Crippen LogP) is 3.93. The third-order valence-electron chi connectivity index (χ3n) is 2.90. The Bertz CT molecular complexity index is 553. The summed E-state index contributed by atoms with van der Waals surface area (Å²) in [5.41, 5.74) is 2.03. The third-order valence-corrected chi connectivity index (χ3v) is 3.73. The Kier molecular flexibility index (Phi) is 5.02. The van der Waals surface area contributed by atoms with E-state index in [4.69, 9.17) is 11.6 Å². The lowest BCUT2D eigenvalue weighted by atomic mass is 10.0. The van der Waals surface area contributed by atoms with Gasteiger partial charge < -0.3 is 5.32 Å². The van der Waals surface area contributed by atoms with Crippen molar-refractivity contribution in [2.24, 2.45) is 7.05 Å². The minimum atomic E-state index is 0.0196. The van der Waals surface area contributed by atoms with E-state index < -0.39 is 0 Å². The zero-order valence-electron chi connectivity index (χ0n) is 11.0. The van der Waals surface area contributed by atoms with Crippen molar-refractivity contribution < 1.29 is 0 Å². The fourth-order valence-electron chi connectivity index (χ4n) is 1.99. The van der Waals surface area contributed by atoms with Crippen LogP contribution in [0.5, 0.6) is 0 Å². The summed E-state index contributed by atoms with van der Waals surface area (Å²) in [5.74, 6) is 0. The van der Waals surface area contributed by atoms with Crippen LogP contribution in [0.25, 0.3) is 0 Å². The van der Waals surface area contributed by atoms with Crippen molar-refractivity contribution in [1.29, 1.82) is 0 Å². The monoisotopic (exact) mass is 341 g/mol. The highest BCUT2D eigenvalue weighted by atomic mass is 79.9. The van der Waals surface area contributed by atoms with Gasteiger partial charge in [-0.2, -0.15) is 5.10 Å². The highest BCUT2D eigenvalue weighted by molar-refractivity contribution is 9.10. The molecule has 3 nitrogen and oxygen atoms in total. The predicted molar refractivity (Wildman–Crippen MR) is 82.5 cm³/mol. The number of aromatic nitrogens is 2. The molecule has 1 heterocycles. The topological polar surface area (TPSA) is 29.9 Å². The molecular weight excluding hydrogens is 326 g/mol. The molecule has 0 saturated heterocycles. The fourth-order valence-corrected chi connectivity index (χ4v) is 2.59. The number of aryl methyl sites for hydroxylation is 1. The van der Waals surface area contributed by atoms with Gasteiger partial charge in [0, 0.05) is 22.7 Å². The van der Waals surface area contributed by atoms with Gasteiger partial charge in [0.1, 0.15) is 0 Å². The maximum absolute atomic E-state index is 6.33. The largest absolute Gasteiger partial charge is 0.305 e. The average molecular weight is 343 g/mol. The summed E-state index contributed by atoms with van der Waals surface area (Å²) in [5, 5.41) is 8.75. The van der Waals surface area contributed by atoms with Crippen molar-refractivity contribution in [2.45, 2.75) is 19.4 Å². The zero-order chi connectivity index (χ0) is 13.8. The van der Waals surface area contributed by atoms with Crippen LogP contribution in [0, 0.1) is 0 Å². The van der Waals surface area contributed by atoms with Crippen LogP contribution in [0.3, 0.4) is 0 Å². The van der Waals surface area contributed by atoms with Gasteiger partial charge in [0.05, 0.1) is 11.7 Å². The van der Waals surface area contributed by atoms with E-state index in [1.54, 1.807) is 0 Å². The molecule has 1 aromatic heterocycles. The van der Waals surface area contributed by atoms with Gasteiger partial charge >= 0.3 is 0 Å². The molecule has 0 radical (unpaired) electrons. The molecule has 1 atom stereocenters. The lowest BCUT2D eigenvalue weighted by Gasteiger charge is -2.18. The van der Waals surface area contributed by atoms with E-state index in [-0.39, 0.29) is 6.04 Å². The molecular formula is C14H17BrClN3. The van der Waals surface area contributed by atoms with Gasteiger partial charge in [-0.3, -0.25) is 4.68 Å². The lowest BCUT2D eigenvalue weighted by molar-refractivity contribution is 0.575. The Labute approximate surface area is 127 Å². The second-order valence-electron chi connectivity index (χ2n) is 4.47. The number of benzene rings is 1. The number of hydrogen-bond donors (Lipinski definition) is 1. The fraction of sp³-hybridized carbons (Fsp3) is 0.357. The minimum Gasteiger partial charge on any atom is -0.305 e. The summed E-state index contributed by atoms with van der Waals surface area (Å²) in [4.78, 5) is 0. The molecule has 1 N–H and O–H groups in total. The Morgan fingerprint density at radius 1 is 1.42 bits per heavy atom. The van der Waals surface area contributed by atoms with Crippen LogP contribution in [0.15, 0.2) is 34.9 Å². The molecule has 0 aliphatic heterocycles. The minimum absolute atomic E-state index is 0.0196. The first-order valence-corrected chi connectivity index (χ1v) is 7.46. The smallest absolute Gasteiger partial charge is 0.0839 e. The number of hydrogen-bond acceptors (Lipinski definition) is 2. The Hall–Kier alpha value is -0.840. The SMILES string of the molecule is CCCNC(c1ccn(C)n1)c1cc(Br)ccc1Cl. The van der Waals surface area contributed by atoms with Gasteiger partial charge in [0.2, 0.25) is 0 Å². The van der Waals surface area contributed by atoms with Gasteiger partial charge in [0.25, 0.3) is 0 Å². The third kappa shape index (κ3) is 3.59. The maximum atomic E-state index is 6.33. The summed E-state index contributed by atoms with van der Waals surface area (Å²) < 4.78 is 2.83. The van der Waals surface area contributed by atoms with Crippen molar-refractivity contribution in [3.63, 3.8) is 0 Å². The summed E-state index contributed by atoms with van der Waals surface area (Å²) >= 11 is 9.83. The van der Waals surface area contributed by atoms with Crippen LogP contribution in [0.1, 0.15) is 30.6 Å². The first-order valence-electron chi connectivity index (χ1n) is 6.29. The lowest BCUT2D eigenvalue weighted by Crippen LogP contribution is -2.24. The Morgan fingerprint density at radius 3 is 2.84 bits per heavy atom. The summed E-state index contributed by atoms with van der Waals surface area (Å²) in [6.07, 6.45) is 3.01. The standard InChI is InChI=1S/C14H17BrClN3/c1-3-7-17-14(13-6-8-19(2)18-13)11-9-10(15)4-5-12(11)16/h4-6,8-9,14,17H,3,7H2,1-2H3. The quantitative estimate of drug-likeness (QED) is 0.892. The van der Waals surface area contributed by atoms with E-state index in [0.29, 0.717) is 0 Å². The number of nitrogens with zero attached hydrogens (tertiary/aromatic N) is 2. The van der Waals surface area contributed by atoms with Gasteiger partial charge in [-0.25, -0.2) is 0 Å². The van der Waals surface area contributed by atoms with Crippen LogP contribution in [0.4, 0.5) is 0 Å². The molecule has 0 saturated carbocycles. The summed E-state index contributed by atoms with van der Waals surface area (Å²) in [6, 6.07) is 7.94. The van der Waals surface area contributed by atoms with Crippen molar-refractivity contribution in [3.8, 4) is 0 Å². The molecule has 0 aliphatic rings.